The highest BCUT2D eigenvalue weighted by atomic mass is 16.5. The first kappa shape index (κ1) is 22.1. The van der Waals surface area contributed by atoms with Crippen molar-refractivity contribution >= 4 is 17.7 Å². The van der Waals surface area contributed by atoms with E-state index in [0.29, 0.717) is 38.0 Å². The number of carbonyl (C=O) groups is 3. The number of furan rings is 1. The van der Waals surface area contributed by atoms with Crippen LogP contribution in [0.5, 0.6) is 0 Å². The van der Waals surface area contributed by atoms with Crippen LogP contribution in [0.25, 0.3) is 0 Å². The molecule has 1 spiro atoms. The van der Waals surface area contributed by atoms with Gasteiger partial charge in [-0.2, -0.15) is 0 Å². The predicted molar refractivity (Wildman–Crippen MR) is 117 cm³/mol. The second-order valence-corrected chi connectivity index (χ2v) is 8.38. The van der Waals surface area contributed by atoms with Crippen LogP contribution in [-0.4, -0.2) is 65.5 Å². The summed E-state index contributed by atoms with van der Waals surface area (Å²) >= 11 is 0. The van der Waals surface area contributed by atoms with Crippen LogP contribution in [0.2, 0.25) is 0 Å². The van der Waals surface area contributed by atoms with Gasteiger partial charge in [0.15, 0.2) is 5.76 Å². The Morgan fingerprint density at radius 2 is 1.91 bits per heavy atom. The average molecular weight is 440 g/mol. The minimum absolute atomic E-state index is 0.0392. The molecule has 0 aliphatic carbocycles. The summed E-state index contributed by atoms with van der Waals surface area (Å²) in [6, 6.07) is 10.0. The van der Waals surface area contributed by atoms with Crippen LogP contribution in [0.4, 0.5) is 0 Å². The Kier molecular flexibility index (Phi) is 6.32. The number of amides is 3. The van der Waals surface area contributed by atoms with Gasteiger partial charge in [0.25, 0.3) is 11.8 Å². The molecule has 1 atom stereocenters. The van der Waals surface area contributed by atoms with Gasteiger partial charge in [0, 0.05) is 38.0 Å². The van der Waals surface area contributed by atoms with E-state index in [1.165, 1.54) is 11.2 Å². The van der Waals surface area contributed by atoms with E-state index in [0.717, 1.165) is 12.0 Å². The van der Waals surface area contributed by atoms with E-state index in [4.69, 9.17) is 9.15 Å². The van der Waals surface area contributed by atoms with Gasteiger partial charge in [-0.3, -0.25) is 19.3 Å². The Balaban J connectivity index is 1.54. The molecule has 3 amide bonds. The maximum absolute atomic E-state index is 13.3. The van der Waals surface area contributed by atoms with Crippen molar-refractivity contribution in [2.75, 3.05) is 26.2 Å². The number of ether oxygens (including phenoxy) is 1. The van der Waals surface area contributed by atoms with Crippen molar-refractivity contribution in [1.82, 2.24) is 15.1 Å². The lowest BCUT2D eigenvalue weighted by atomic mass is 9.96. The van der Waals surface area contributed by atoms with Gasteiger partial charge in [0.1, 0.15) is 11.8 Å². The topological polar surface area (TPSA) is 92.1 Å². The summed E-state index contributed by atoms with van der Waals surface area (Å²) in [4.78, 5) is 42.4. The van der Waals surface area contributed by atoms with Crippen LogP contribution in [0.3, 0.4) is 0 Å². The van der Waals surface area contributed by atoms with Crippen molar-refractivity contribution in [1.29, 1.82) is 0 Å². The second-order valence-electron chi connectivity index (χ2n) is 8.38. The third kappa shape index (κ3) is 4.14. The van der Waals surface area contributed by atoms with Crippen LogP contribution in [-0.2, 0) is 9.53 Å². The van der Waals surface area contributed by atoms with E-state index in [9.17, 15) is 14.4 Å². The maximum atomic E-state index is 13.3. The van der Waals surface area contributed by atoms with Crippen molar-refractivity contribution in [3.8, 4) is 0 Å². The lowest BCUT2D eigenvalue weighted by molar-refractivity contribution is -0.128. The van der Waals surface area contributed by atoms with E-state index in [1.807, 2.05) is 38.1 Å². The van der Waals surface area contributed by atoms with Crippen LogP contribution in [0.1, 0.15) is 52.7 Å². The molecule has 2 aromatic rings. The SMILES string of the molecule is CCCNC(=O)[C@@H]1COC2(CCN(C(=O)c3cccc(C)c3)CC2)N1C(=O)c1ccco1. The summed E-state index contributed by atoms with van der Waals surface area (Å²) in [5, 5.41) is 2.87. The molecule has 32 heavy (non-hydrogen) atoms. The average Bonchev–Trinajstić information content (AvgIpc) is 3.46. The summed E-state index contributed by atoms with van der Waals surface area (Å²) < 4.78 is 11.5. The van der Waals surface area contributed by atoms with Gasteiger partial charge in [-0.05, 0) is 37.6 Å². The number of piperidine rings is 1. The molecule has 170 valence electrons. The molecule has 0 unspecified atom stereocenters. The smallest absolute Gasteiger partial charge is 0.292 e. The molecule has 4 rings (SSSR count). The summed E-state index contributed by atoms with van der Waals surface area (Å²) in [5.41, 5.74) is 0.731. The molecule has 8 heteroatoms. The van der Waals surface area contributed by atoms with Crippen LogP contribution >= 0.6 is 0 Å². The molecule has 2 aliphatic rings. The zero-order valence-corrected chi connectivity index (χ0v) is 18.5. The zero-order chi connectivity index (χ0) is 22.7. The minimum Gasteiger partial charge on any atom is -0.459 e. The zero-order valence-electron chi connectivity index (χ0n) is 18.5. The fourth-order valence-corrected chi connectivity index (χ4v) is 4.47. The fraction of sp³-hybridized carbons (Fsp3) is 0.458. The van der Waals surface area contributed by atoms with Crippen molar-refractivity contribution in [3.63, 3.8) is 0 Å². The molecule has 8 nitrogen and oxygen atoms in total. The van der Waals surface area contributed by atoms with Crippen molar-refractivity contribution in [2.45, 2.75) is 44.9 Å². The van der Waals surface area contributed by atoms with E-state index >= 15 is 0 Å². The Morgan fingerprint density at radius 1 is 1.12 bits per heavy atom. The molecular formula is C24H29N3O5. The van der Waals surface area contributed by atoms with Crippen molar-refractivity contribution < 1.29 is 23.5 Å². The first-order chi connectivity index (χ1) is 15.4. The summed E-state index contributed by atoms with van der Waals surface area (Å²) in [7, 11) is 0. The highest BCUT2D eigenvalue weighted by Crippen LogP contribution is 2.38. The quantitative estimate of drug-likeness (QED) is 0.773. The standard InChI is InChI=1S/C24H29N3O5/c1-3-11-25-21(28)19-16-32-24(27(19)23(30)20-8-5-14-31-20)9-12-26(13-10-24)22(29)18-7-4-6-17(2)15-18/h4-8,14-15,19H,3,9-13,16H2,1-2H3,(H,25,28)/t19-/m0/s1. The molecule has 1 N–H and O–H groups in total. The molecular weight excluding hydrogens is 410 g/mol. The molecule has 2 fully saturated rings. The summed E-state index contributed by atoms with van der Waals surface area (Å²) in [6.45, 7) is 5.43. The minimum atomic E-state index is -0.943. The predicted octanol–water partition coefficient (Wildman–Crippen LogP) is 2.59. The Hall–Kier alpha value is -3.13. The second kappa shape index (κ2) is 9.16. The van der Waals surface area contributed by atoms with Crippen molar-refractivity contribution in [3.05, 3.63) is 59.5 Å². The Labute approximate surface area is 187 Å². The molecule has 0 bridgehead atoms. The van der Waals surface area contributed by atoms with Gasteiger partial charge in [0.05, 0.1) is 12.9 Å². The molecule has 3 heterocycles. The van der Waals surface area contributed by atoms with Gasteiger partial charge in [-0.15, -0.1) is 0 Å². The van der Waals surface area contributed by atoms with Crippen LogP contribution in [0.15, 0.2) is 47.1 Å². The number of aryl methyl sites for hydroxylation is 1. The molecule has 2 aliphatic heterocycles. The molecule has 1 aromatic heterocycles. The van der Waals surface area contributed by atoms with E-state index in [2.05, 4.69) is 5.32 Å². The van der Waals surface area contributed by atoms with Crippen LogP contribution in [0, 0.1) is 6.92 Å². The summed E-state index contributed by atoms with van der Waals surface area (Å²) in [5.74, 6) is -0.478. The maximum Gasteiger partial charge on any atom is 0.292 e. The number of nitrogens with zero attached hydrogens (tertiary/aromatic N) is 2. The highest BCUT2D eigenvalue weighted by molar-refractivity contribution is 5.97. The number of hydrogen-bond donors (Lipinski definition) is 1. The Bertz CT molecular complexity index is 979. The van der Waals surface area contributed by atoms with E-state index < -0.39 is 11.8 Å². The summed E-state index contributed by atoms with van der Waals surface area (Å²) in [6.07, 6.45) is 3.09. The van der Waals surface area contributed by atoms with Gasteiger partial charge < -0.3 is 19.4 Å². The molecule has 1 aromatic carbocycles. The normalized spacial score (nSPS) is 19.9. The Morgan fingerprint density at radius 3 is 2.56 bits per heavy atom. The number of likely N-dealkylation sites (tertiary alicyclic amines) is 1. The number of nitrogens with one attached hydrogen (secondary N) is 1. The number of carbonyl (C=O) groups excluding carboxylic acids is 3. The molecule has 2 saturated heterocycles. The van der Waals surface area contributed by atoms with E-state index in [-0.39, 0.29) is 30.1 Å². The lowest BCUT2D eigenvalue weighted by Crippen LogP contribution is -2.59. The van der Waals surface area contributed by atoms with E-state index in [1.54, 1.807) is 17.0 Å². The van der Waals surface area contributed by atoms with Gasteiger partial charge in [-0.25, -0.2) is 0 Å². The lowest BCUT2D eigenvalue weighted by Gasteiger charge is -2.44. The first-order valence-electron chi connectivity index (χ1n) is 11.1. The van der Waals surface area contributed by atoms with Crippen molar-refractivity contribution in [2.24, 2.45) is 0 Å². The van der Waals surface area contributed by atoms with Gasteiger partial charge in [0.2, 0.25) is 5.91 Å². The van der Waals surface area contributed by atoms with Gasteiger partial charge >= 0.3 is 0 Å². The fourth-order valence-electron chi connectivity index (χ4n) is 4.47. The molecule has 0 saturated carbocycles. The molecule has 0 radical (unpaired) electrons. The first-order valence-corrected chi connectivity index (χ1v) is 11.1. The number of rotatable bonds is 5. The van der Waals surface area contributed by atoms with Gasteiger partial charge in [-0.1, -0.05) is 24.6 Å². The number of benzene rings is 1. The largest absolute Gasteiger partial charge is 0.459 e. The van der Waals surface area contributed by atoms with Crippen LogP contribution < -0.4 is 5.32 Å². The highest BCUT2D eigenvalue weighted by Gasteiger charge is 2.54. The number of hydrogen-bond acceptors (Lipinski definition) is 5. The third-order valence-corrected chi connectivity index (χ3v) is 6.16. The third-order valence-electron chi connectivity index (χ3n) is 6.16. The monoisotopic (exact) mass is 439 g/mol.